The van der Waals surface area contributed by atoms with E-state index < -0.39 is 0 Å². The number of hydrogen-bond donors (Lipinski definition) is 0. The molecule has 2 saturated heterocycles. The fourth-order valence-electron chi connectivity index (χ4n) is 3.19. The Hall–Kier alpha value is -0.810. The summed E-state index contributed by atoms with van der Waals surface area (Å²) in [6, 6.07) is 6.34. The minimum absolute atomic E-state index is 0.312. The molecule has 0 saturated carbocycles. The van der Waals surface area contributed by atoms with E-state index in [1.165, 1.54) is 5.56 Å². The molecule has 21 heavy (non-hydrogen) atoms. The van der Waals surface area contributed by atoms with Crippen molar-refractivity contribution >= 4 is 11.6 Å². The zero-order valence-corrected chi connectivity index (χ0v) is 13.4. The maximum absolute atomic E-state index is 6.23. The standard InChI is InChI=1S/C16H22ClNO3/c1-12(13-3-4-15(19-2)14(17)11-13)18-7-5-16(6-8-18)20-9-10-21-16/h3-4,11-12H,5-10H2,1-2H3. The highest BCUT2D eigenvalue weighted by Crippen LogP contribution is 2.35. The number of methoxy groups -OCH3 is 1. The highest BCUT2D eigenvalue weighted by Gasteiger charge is 2.40. The monoisotopic (exact) mass is 311 g/mol. The maximum atomic E-state index is 6.23. The van der Waals surface area contributed by atoms with E-state index >= 15 is 0 Å². The van der Waals surface area contributed by atoms with Crippen molar-refractivity contribution < 1.29 is 14.2 Å². The van der Waals surface area contributed by atoms with Gasteiger partial charge in [0, 0.05) is 32.0 Å². The summed E-state index contributed by atoms with van der Waals surface area (Å²) in [5.41, 5.74) is 1.21. The molecule has 3 rings (SSSR count). The second-order valence-electron chi connectivity index (χ2n) is 5.71. The zero-order chi connectivity index (χ0) is 14.9. The van der Waals surface area contributed by atoms with Gasteiger partial charge in [-0.1, -0.05) is 17.7 Å². The van der Waals surface area contributed by atoms with Crippen LogP contribution in [0.5, 0.6) is 5.75 Å². The van der Waals surface area contributed by atoms with E-state index in [-0.39, 0.29) is 5.79 Å². The molecule has 2 heterocycles. The molecule has 2 aliphatic heterocycles. The van der Waals surface area contributed by atoms with Crippen LogP contribution in [-0.2, 0) is 9.47 Å². The summed E-state index contributed by atoms with van der Waals surface area (Å²) in [5, 5.41) is 0.665. The molecule has 1 aromatic carbocycles. The fourth-order valence-corrected chi connectivity index (χ4v) is 3.46. The lowest BCUT2D eigenvalue weighted by Gasteiger charge is -2.40. The Morgan fingerprint density at radius 2 is 1.90 bits per heavy atom. The number of piperidine rings is 1. The van der Waals surface area contributed by atoms with Gasteiger partial charge < -0.3 is 14.2 Å². The van der Waals surface area contributed by atoms with Crippen LogP contribution in [0, 0.1) is 0 Å². The SMILES string of the molecule is COc1ccc(C(C)N2CCC3(CC2)OCCO3)cc1Cl. The smallest absolute Gasteiger partial charge is 0.170 e. The highest BCUT2D eigenvalue weighted by atomic mass is 35.5. The van der Waals surface area contributed by atoms with Gasteiger partial charge in [-0.25, -0.2) is 0 Å². The van der Waals surface area contributed by atoms with Gasteiger partial charge in [-0.05, 0) is 24.6 Å². The summed E-state index contributed by atoms with van der Waals surface area (Å²) in [6.45, 7) is 5.62. The summed E-state index contributed by atoms with van der Waals surface area (Å²) < 4.78 is 16.8. The lowest BCUT2D eigenvalue weighted by atomic mass is 9.99. The molecule has 0 N–H and O–H groups in total. The largest absolute Gasteiger partial charge is 0.495 e. The molecular weight excluding hydrogens is 290 g/mol. The summed E-state index contributed by atoms with van der Waals surface area (Å²) in [5.74, 6) is 0.409. The third-order valence-corrected chi connectivity index (χ3v) is 4.87. The van der Waals surface area contributed by atoms with Gasteiger partial charge in [-0.15, -0.1) is 0 Å². The van der Waals surface area contributed by atoms with Crippen LogP contribution in [0.4, 0.5) is 0 Å². The summed E-state index contributed by atoms with van der Waals surface area (Å²) >= 11 is 6.23. The number of likely N-dealkylation sites (tertiary alicyclic amines) is 1. The molecule has 5 heteroatoms. The molecular formula is C16H22ClNO3. The first-order valence-corrected chi connectivity index (χ1v) is 7.87. The highest BCUT2D eigenvalue weighted by molar-refractivity contribution is 6.32. The van der Waals surface area contributed by atoms with Crippen molar-refractivity contribution in [1.29, 1.82) is 0 Å². The van der Waals surface area contributed by atoms with E-state index in [4.69, 9.17) is 25.8 Å². The van der Waals surface area contributed by atoms with Gasteiger partial charge in [0.1, 0.15) is 5.75 Å². The molecule has 0 bridgehead atoms. The number of halogens is 1. The van der Waals surface area contributed by atoms with E-state index in [0.29, 0.717) is 11.1 Å². The molecule has 1 spiro atoms. The van der Waals surface area contributed by atoms with Crippen LogP contribution in [0.25, 0.3) is 0 Å². The Kier molecular flexibility index (Phi) is 4.41. The maximum Gasteiger partial charge on any atom is 0.170 e. The minimum atomic E-state index is -0.312. The van der Waals surface area contributed by atoms with Gasteiger partial charge in [0.15, 0.2) is 5.79 Å². The average Bonchev–Trinajstić information content (AvgIpc) is 2.95. The predicted octanol–water partition coefficient (Wildman–Crippen LogP) is 3.25. The van der Waals surface area contributed by atoms with Gasteiger partial charge in [0.25, 0.3) is 0 Å². The first kappa shape index (κ1) is 15.1. The van der Waals surface area contributed by atoms with Crippen LogP contribution in [0.2, 0.25) is 5.02 Å². The number of benzene rings is 1. The molecule has 1 aromatic rings. The summed E-state index contributed by atoms with van der Waals surface area (Å²) in [7, 11) is 1.63. The van der Waals surface area contributed by atoms with Gasteiger partial charge in [0.05, 0.1) is 25.3 Å². The van der Waals surface area contributed by atoms with Crippen LogP contribution in [-0.4, -0.2) is 44.1 Å². The van der Waals surface area contributed by atoms with Crippen LogP contribution < -0.4 is 4.74 Å². The molecule has 1 atom stereocenters. The van der Waals surface area contributed by atoms with E-state index in [9.17, 15) is 0 Å². The van der Waals surface area contributed by atoms with Gasteiger partial charge in [-0.3, -0.25) is 4.90 Å². The topological polar surface area (TPSA) is 30.9 Å². The molecule has 2 fully saturated rings. The second kappa shape index (κ2) is 6.13. The second-order valence-corrected chi connectivity index (χ2v) is 6.12. The molecule has 0 aromatic heterocycles. The Labute approximate surface area is 130 Å². The third kappa shape index (κ3) is 3.04. The van der Waals surface area contributed by atoms with E-state index in [1.807, 2.05) is 12.1 Å². The lowest BCUT2D eigenvalue weighted by molar-refractivity contribution is -0.187. The molecule has 0 radical (unpaired) electrons. The summed E-state index contributed by atoms with van der Waals surface area (Å²) in [6.07, 6.45) is 1.86. The van der Waals surface area contributed by atoms with E-state index in [2.05, 4.69) is 17.9 Å². The predicted molar refractivity (Wildman–Crippen MR) is 81.9 cm³/mol. The van der Waals surface area contributed by atoms with Gasteiger partial charge in [0.2, 0.25) is 0 Å². The molecule has 0 aliphatic carbocycles. The third-order valence-electron chi connectivity index (χ3n) is 4.58. The lowest BCUT2D eigenvalue weighted by Crippen LogP contribution is -2.45. The summed E-state index contributed by atoms with van der Waals surface area (Å²) in [4.78, 5) is 2.45. The number of nitrogens with zero attached hydrogens (tertiary/aromatic N) is 1. The van der Waals surface area contributed by atoms with Crippen LogP contribution >= 0.6 is 11.6 Å². The van der Waals surface area contributed by atoms with Crippen molar-refractivity contribution in [3.63, 3.8) is 0 Å². The average molecular weight is 312 g/mol. The van der Waals surface area contributed by atoms with Gasteiger partial charge in [-0.2, -0.15) is 0 Å². The normalized spacial score (nSPS) is 23.4. The fraction of sp³-hybridized carbons (Fsp3) is 0.625. The van der Waals surface area contributed by atoms with Crippen LogP contribution in [0.1, 0.15) is 31.4 Å². The van der Waals surface area contributed by atoms with Crippen molar-refractivity contribution in [2.24, 2.45) is 0 Å². The van der Waals surface area contributed by atoms with Crippen molar-refractivity contribution in [3.05, 3.63) is 28.8 Å². The van der Waals surface area contributed by atoms with Gasteiger partial charge >= 0.3 is 0 Å². The molecule has 4 nitrogen and oxygen atoms in total. The quantitative estimate of drug-likeness (QED) is 0.857. The number of ether oxygens (including phenoxy) is 3. The first-order chi connectivity index (χ1) is 10.1. The molecule has 2 aliphatic rings. The van der Waals surface area contributed by atoms with Crippen LogP contribution in [0.15, 0.2) is 18.2 Å². The first-order valence-electron chi connectivity index (χ1n) is 7.49. The number of hydrogen-bond acceptors (Lipinski definition) is 4. The Morgan fingerprint density at radius 1 is 1.24 bits per heavy atom. The Bertz CT molecular complexity index is 492. The molecule has 1 unspecified atom stereocenters. The van der Waals surface area contributed by atoms with E-state index in [1.54, 1.807) is 7.11 Å². The molecule has 116 valence electrons. The molecule has 0 amide bonds. The Balaban J connectivity index is 1.66. The van der Waals surface area contributed by atoms with Crippen molar-refractivity contribution in [2.45, 2.75) is 31.6 Å². The number of rotatable bonds is 3. The van der Waals surface area contributed by atoms with Crippen LogP contribution in [0.3, 0.4) is 0 Å². The minimum Gasteiger partial charge on any atom is -0.495 e. The van der Waals surface area contributed by atoms with Crippen molar-refractivity contribution in [2.75, 3.05) is 33.4 Å². The van der Waals surface area contributed by atoms with Crippen molar-refractivity contribution in [1.82, 2.24) is 4.90 Å². The van der Waals surface area contributed by atoms with E-state index in [0.717, 1.165) is 44.9 Å². The van der Waals surface area contributed by atoms with Crippen molar-refractivity contribution in [3.8, 4) is 5.75 Å². The zero-order valence-electron chi connectivity index (χ0n) is 12.6. The Morgan fingerprint density at radius 3 is 2.48 bits per heavy atom.